The number of halogens is 1. The van der Waals surface area contributed by atoms with Gasteiger partial charge in [-0.1, -0.05) is 23.3 Å². The lowest BCUT2D eigenvalue weighted by Crippen LogP contribution is -2.36. The van der Waals surface area contributed by atoms with Crippen molar-refractivity contribution in [3.63, 3.8) is 0 Å². The molecule has 0 aromatic rings. The minimum Gasteiger partial charge on any atom is -0.329 e. The van der Waals surface area contributed by atoms with Crippen molar-refractivity contribution in [1.82, 2.24) is 4.31 Å². The third-order valence-electron chi connectivity index (χ3n) is 2.87. The smallest absolute Gasteiger partial charge is 0.214 e. The second-order valence-corrected chi connectivity index (χ2v) is 7.18. The van der Waals surface area contributed by atoms with Gasteiger partial charge in [0.15, 0.2) is 0 Å². The molecule has 0 aliphatic carbocycles. The largest absolute Gasteiger partial charge is 0.329 e. The van der Waals surface area contributed by atoms with Crippen LogP contribution in [0.3, 0.4) is 0 Å². The predicted molar refractivity (Wildman–Crippen MR) is 89.8 cm³/mol. The van der Waals surface area contributed by atoms with Crippen LogP contribution in [-0.2, 0) is 10.0 Å². The van der Waals surface area contributed by atoms with E-state index in [-0.39, 0.29) is 18.2 Å². The zero-order chi connectivity index (χ0) is 14.9. The van der Waals surface area contributed by atoms with Crippen LogP contribution in [0.5, 0.6) is 0 Å². The molecule has 0 saturated heterocycles. The van der Waals surface area contributed by atoms with E-state index >= 15 is 0 Å². The molecule has 0 aromatic carbocycles. The Hall–Kier alpha value is -0.360. The highest BCUT2D eigenvalue weighted by molar-refractivity contribution is 7.89. The SMILES string of the molecule is CCS(=O)(=O)N(C/C=C(\C)CCC=C(C)C)CCN.Cl. The number of allylic oxidation sites excluding steroid dienone is 3. The number of hydrogen-bond donors (Lipinski definition) is 1. The monoisotopic (exact) mass is 324 g/mol. The van der Waals surface area contributed by atoms with Gasteiger partial charge < -0.3 is 5.73 Å². The maximum Gasteiger partial charge on any atom is 0.214 e. The molecule has 0 saturated carbocycles. The average molecular weight is 325 g/mol. The molecule has 0 radical (unpaired) electrons. The Kier molecular flexibility index (Phi) is 12.4. The Balaban J connectivity index is 0. The van der Waals surface area contributed by atoms with E-state index in [1.165, 1.54) is 15.5 Å². The first-order valence-corrected chi connectivity index (χ1v) is 8.41. The summed E-state index contributed by atoms with van der Waals surface area (Å²) in [6.07, 6.45) is 6.15. The first-order chi connectivity index (χ1) is 8.83. The van der Waals surface area contributed by atoms with Gasteiger partial charge in [0, 0.05) is 19.6 Å². The summed E-state index contributed by atoms with van der Waals surface area (Å²) >= 11 is 0. The Labute approximate surface area is 130 Å². The maximum atomic E-state index is 11.8. The molecule has 120 valence electrons. The molecule has 6 heteroatoms. The number of nitrogens with zero attached hydrogens (tertiary/aromatic N) is 1. The van der Waals surface area contributed by atoms with E-state index in [2.05, 4.69) is 19.9 Å². The first kappa shape index (κ1) is 21.9. The van der Waals surface area contributed by atoms with E-state index in [4.69, 9.17) is 5.73 Å². The van der Waals surface area contributed by atoms with Gasteiger partial charge in [0.05, 0.1) is 5.75 Å². The minimum absolute atomic E-state index is 0. The van der Waals surface area contributed by atoms with Crippen LogP contribution in [0, 0.1) is 0 Å². The van der Waals surface area contributed by atoms with Crippen LogP contribution >= 0.6 is 12.4 Å². The summed E-state index contributed by atoms with van der Waals surface area (Å²) in [5.41, 5.74) is 7.99. The normalized spacial score (nSPS) is 12.2. The zero-order valence-corrected chi connectivity index (χ0v) is 14.7. The molecule has 0 atom stereocenters. The van der Waals surface area contributed by atoms with Crippen molar-refractivity contribution >= 4 is 22.4 Å². The summed E-state index contributed by atoms with van der Waals surface area (Å²) in [5, 5.41) is 0. The Morgan fingerprint density at radius 1 is 1.20 bits per heavy atom. The van der Waals surface area contributed by atoms with E-state index in [9.17, 15) is 8.42 Å². The van der Waals surface area contributed by atoms with Gasteiger partial charge in [-0.2, -0.15) is 4.31 Å². The minimum atomic E-state index is -3.16. The summed E-state index contributed by atoms with van der Waals surface area (Å²) in [7, 11) is -3.16. The Morgan fingerprint density at radius 2 is 1.80 bits per heavy atom. The quantitative estimate of drug-likeness (QED) is 0.663. The molecule has 20 heavy (non-hydrogen) atoms. The fraction of sp³-hybridized carbons (Fsp3) is 0.714. The van der Waals surface area contributed by atoms with Crippen molar-refractivity contribution in [3.8, 4) is 0 Å². The molecule has 0 amide bonds. The molecule has 0 aliphatic rings. The Bertz CT molecular complexity index is 413. The highest BCUT2D eigenvalue weighted by atomic mass is 35.5. The lowest BCUT2D eigenvalue weighted by Gasteiger charge is -2.19. The van der Waals surface area contributed by atoms with Gasteiger partial charge in [-0.05, 0) is 40.5 Å². The van der Waals surface area contributed by atoms with Crippen molar-refractivity contribution in [2.45, 2.75) is 40.5 Å². The molecule has 4 nitrogen and oxygen atoms in total. The van der Waals surface area contributed by atoms with Crippen LogP contribution in [0.4, 0.5) is 0 Å². The second-order valence-electron chi connectivity index (χ2n) is 4.92. The summed E-state index contributed by atoms with van der Waals surface area (Å²) in [4.78, 5) is 0. The van der Waals surface area contributed by atoms with Gasteiger partial charge in [-0.15, -0.1) is 12.4 Å². The van der Waals surface area contributed by atoms with Crippen molar-refractivity contribution < 1.29 is 8.42 Å². The van der Waals surface area contributed by atoms with E-state index in [0.29, 0.717) is 19.6 Å². The number of hydrogen-bond acceptors (Lipinski definition) is 3. The highest BCUT2D eigenvalue weighted by Crippen LogP contribution is 2.08. The van der Waals surface area contributed by atoms with Gasteiger partial charge in [-0.3, -0.25) is 0 Å². The van der Waals surface area contributed by atoms with Gasteiger partial charge in [0.2, 0.25) is 10.0 Å². The molecule has 0 heterocycles. The third kappa shape index (κ3) is 9.53. The first-order valence-electron chi connectivity index (χ1n) is 6.80. The second kappa shape index (κ2) is 11.3. The molecule has 0 spiro atoms. The Morgan fingerprint density at radius 3 is 2.25 bits per heavy atom. The van der Waals surface area contributed by atoms with E-state index in [1.807, 2.05) is 13.0 Å². The highest BCUT2D eigenvalue weighted by Gasteiger charge is 2.17. The molecule has 2 N–H and O–H groups in total. The fourth-order valence-corrected chi connectivity index (χ4v) is 2.67. The van der Waals surface area contributed by atoms with E-state index in [0.717, 1.165) is 12.8 Å². The van der Waals surface area contributed by atoms with Crippen LogP contribution in [-0.4, -0.2) is 38.1 Å². The van der Waals surface area contributed by atoms with Gasteiger partial charge >= 0.3 is 0 Å². The van der Waals surface area contributed by atoms with Crippen molar-refractivity contribution in [3.05, 3.63) is 23.3 Å². The summed E-state index contributed by atoms with van der Waals surface area (Å²) in [5.74, 6) is 0.123. The molecular formula is C14H29ClN2O2S. The summed E-state index contributed by atoms with van der Waals surface area (Å²) in [6.45, 7) is 9.01. The molecule has 0 aliphatic heterocycles. The molecule has 0 fully saturated rings. The van der Waals surface area contributed by atoms with Gasteiger partial charge in [0.1, 0.15) is 0 Å². The summed E-state index contributed by atoms with van der Waals surface area (Å²) in [6, 6.07) is 0. The lowest BCUT2D eigenvalue weighted by atomic mass is 10.1. The van der Waals surface area contributed by atoms with Crippen molar-refractivity contribution in [2.24, 2.45) is 5.73 Å². The topological polar surface area (TPSA) is 63.4 Å². The molecule has 0 aromatic heterocycles. The zero-order valence-electron chi connectivity index (χ0n) is 13.1. The number of sulfonamides is 1. The van der Waals surface area contributed by atoms with E-state index in [1.54, 1.807) is 6.92 Å². The van der Waals surface area contributed by atoms with Crippen LogP contribution < -0.4 is 5.73 Å². The maximum absolute atomic E-state index is 11.8. The average Bonchev–Trinajstić information content (AvgIpc) is 2.33. The van der Waals surface area contributed by atoms with Crippen LogP contribution in [0.2, 0.25) is 0 Å². The number of nitrogens with two attached hydrogens (primary N) is 1. The van der Waals surface area contributed by atoms with Gasteiger partial charge in [-0.25, -0.2) is 8.42 Å². The molecule has 0 bridgehead atoms. The van der Waals surface area contributed by atoms with E-state index < -0.39 is 10.0 Å². The van der Waals surface area contributed by atoms with Crippen LogP contribution in [0.1, 0.15) is 40.5 Å². The van der Waals surface area contributed by atoms with Crippen LogP contribution in [0.15, 0.2) is 23.3 Å². The van der Waals surface area contributed by atoms with Crippen LogP contribution in [0.25, 0.3) is 0 Å². The molecular weight excluding hydrogens is 296 g/mol. The molecule has 0 unspecified atom stereocenters. The van der Waals surface area contributed by atoms with Crippen molar-refractivity contribution in [1.29, 1.82) is 0 Å². The fourth-order valence-electron chi connectivity index (χ4n) is 1.62. The number of rotatable bonds is 9. The van der Waals surface area contributed by atoms with Crippen molar-refractivity contribution in [2.75, 3.05) is 25.4 Å². The van der Waals surface area contributed by atoms with Gasteiger partial charge in [0.25, 0.3) is 0 Å². The molecule has 0 rings (SSSR count). The lowest BCUT2D eigenvalue weighted by molar-refractivity contribution is 0.450. The standard InChI is InChI=1S/C14H28N2O2S.ClH/c1-5-19(17,18)16(12-10-15)11-9-14(4)8-6-7-13(2)3;/h7,9H,5-6,8,10-12,15H2,1-4H3;1H/b14-9+;. The summed E-state index contributed by atoms with van der Waals surface area (Å²) < 4.78 is 25.1. The predicted octanol–water partition coefficient (Wildman–Crippen LogP) is 2.71. The third-order valence-corrected chi connectivity index (χ3v) is 4.72.